The van der Waals surface area contributed by atoms with Crippen LogP contribution in [0, 0.1) is 0 Å². The summed E-state index contributed by atoms with van der Waals surface area (Å²) in [5, 5.41) is 2.48. The van der Waals surface area contributed by atoms with Gasteiger partial charge in [0.15, 0.2) is 5.76 Å². The number of ketones is 1. The molecular formula is C17H17F3N2O4S. The Hall–Kier alpha value is -2.23. The fourth-order valence-corrected chi connectivity index (χ4v) is 5.20. The van der Waals surface area contributed by atoms with E-state index in [-0.39, 0.29) is 30.0 Å². The standard InChI is InChI=1S/C16H13F3N2O4S.CH4/c1-6(2)12-7(3-4-10(20-12)16(17,18)19)13(22)11-14-8-5-9(8)26(23,24)15(11)21-25-14;/h3-4,6,8-9H,5H2,1-2H3;1H4. The summed E-state index contributed by atoms with van der Waals surface area (Å²) < 4.78 is 68.7. The Labute approximate surface area is 153 Å². The molecule has 6 nitrogen and oxygen atoms in total. The van der Waals surface area contributed by atoms with E-state index in [9.17, 15) is 26.4 Å². The van der Waals surface area contributed by atoms with Crippen LogP contribution in [0.3, 0.4) is 0 Å². The SMILES string of the molecule is C.CC(C)c1nc(C(F)(F)F)ccc1C(=O)c1c2noc1C1CC1S2(=O)=O. The highest BCUT2D eigenvalue weighted by Gasteiger charge is 2.59. The topological polar surface area (TPSA) is 90.1 Å². The van der Waals surface area contributed by atoms with E-state index < -0.39 is 49.6 Å². The van der Waals surface area contributed by atoms with E-state index in [1.807, 2.05) is 0 Å². The first kappa shape index (κ1) is 19.5. The van der Waals surface area contributed by atoms with Crippen LogP contribution in [0.15, 0.2) is 21.7 Å². The van der Waals surface area contributed by atoms with Gasteiger partial charge in [0.05, 0.1) is 10.9 Å². The van der Waals surface area contributed by atoms with Crippen LogP contribution in [0.5, 0.6) is 0 Å². The molecule has 10 heteroatoms. The molecule has 1 fully saturated rings. The lowest BCUT2D eigenvalue weighted by atomic mass is 9.95. The van der Waals surface area contributed by atoms with Crippen LogP contribution in [-0.2, 0) is 16.0 Å². The Bertz CT molecular complexity index is 1040. The zero-order chi connectivity index (χ0) is 19.0. The molecule has 0 spiro atoms. The van der Waals surface area contributed by atoms with Gasteiger partial charge in [0, 0.05) is 11.5 Å². The summed E-state index contributed by atoms with van der Waals surface area (Å²) in [5.74, 6) is -1.43. The molecular weight excluding hydrogens is 385 g/mol. The van der Waals surface area contributed by atoms with Gasteiger partial charge in [-0.1, -0.05) is 26.4 Å². The summed E-state index contributed by atoms with van der Waals surface area (Å²) in [7, 11) is -3.76. The monoisotopic (exact) mass is 402 g/mol. The van der Waals surface area contributed by atoms with Gasteiger partial charge in [0.2, 0.25) is 20.6 Å². The van der Waals surface area contributed by atoms with E-state index in [0.29, 0.717) is 12.5 Å². The van der Waals surface area contributed by atoms with E-state index in [1.54, 1.807) is 13.8 Å². The lowest BCUT2D eigenvalue weighted by Crippen LogP contribution is -2.21. The second-order valence-corrected chi connectivity index (χ2v) is 8.85. The minimum Gasteiger partial charge on any atom is -0.359 e. The number of pyridine rings is 1. The summed E-state index contributed by atoms with van der Waals surface area (Å²) in [4.78, 5) is 16.6. The molecule has 2 aliphatic rings. The molecule has 2 aromatic rings. The van der Waals surface area contributed by atoms with Gasteiger partial charge in [-0.15, -0.1) is 0 Å². The molecule has 0 aromatic carbocycles. The molecule has 0 amide bonds. The third kappa shape index (κ3) is 2.77. The summed E-state index contributed by atoms with van der Waals surface area (Å²) in [6, 6.07) is 1.75. The molecule has 2 atom stereocenters. The average molecular weight is 402 g/mol. The molecule has 1 saturated carbocycles. The van der Waals surface area contributed by atoms with Gasteiger partial charge in [0.25, 0.3) is 0 Å². The van der Waals surface area contributed by atoms with Crippen LogP contribution < -0.4 is 0 Å². The Balaban J connectivity index is 0.00000210. The number of hydrogen-bond acceptors (Lipinski definition) is 6. The third-order valence-electron chi connectivity index (χ3n) is 4.66. The second-order valence-electron chi connectivity index (χ2n) is 6.76. The summed E-state index contributed by atoms with van der Waals surface area (Å²) in [6.07, 6.45) is -4.29. The van der Waals surface area contributed by atoms with Crippen molar-refractivity contribution in [3.8, 4) is 0 Å². The molecule has 27 heavy (non-hydrogen) atoms. The Morgan fingerprint density at radius 2 is 1.96 bits per heavy atom. The van der Waals surface area contributed by atoms with Crippen LogP contribution >= 0.6 is 0 Å². The van der Waals surface area contributed by atoms with Gasteiger partial charge in [-0.05, 0) is 24.5 Å². The number of fused-ring (bicyclic) bond motifs is 4. The molecule has 1 aliphatic heterocycles. The van der Waals surface area contributed by atoms with Gasteiger partial charge >= 0.3 is 6.18 Å². The predicted octanol–water partition coefficient (Wildman–Crippen LogP) is 3.72. The summed E-state index contributed by atoms with van der Waals surface area (Å²) in [5.41, 5.74) is -1.40. The summed E-state index contributed by atoms with van der Waals surface area (Å²) >= 11 is 0. The van der Waals surface area contributed by atoms with Crippen LogP contribution in [-0.4, -0.2) is 29.6 Å². The van der Waals surface area contributed by atoms with Crippen molar-refractivity contribution in [2.24, 2.45) is 0 Å². The lowest BCUT2D eigenvalue weighted by Gasteiger charge is -2.15. The molecule has 2 unspecified atom stereocenters. The fraction of sp³-hybridized carbons (Fsp3) is 0.471. The minimum absolute atomic E-state index is 0. The molecule has 0 radical (unpaired) electrons. The van der Waals surface area contributed by atoms with Crippen molar-refractivity contribution in [3.05, 3.63) is 40.4 Å². The Morgan fingerprint density at radius 3 is 2.56 bits per heavy atom. The number of halogens is 3. The van der Waals surface area contributed by atoms with E-state index in [2.05, 4.69) is 10.1 Å². The Morgan fingerprint density at radius 1 is 1.30 bits per heavy atom. The number of nitrogens with zero attached hydrogens (tertiary/aromatic N) is 2. The molecule has 2 aromatic heterocycles. The van der Waals surface area contributed by atoms with E-state index in [4.69, 9.17) is 4.52 Å². The highest BCUT2D eigenvalue weighted by atomic mass is 32.2. The first-order valence-electron chi connectivity index (χ1n) is 7.89. The normalized spacial score (nSPS) is 22.1. The first-order valence-corrected chi connectivity index (χ1v) is 9.44. The maximum absolute atomic E-state index is 13.0. The van der Waals surface area contributed by atoms with Crippen molar-refractivity contribution in [2.75, 3.05) is 0 Å². The fourth-order valence-electron chi connectivity index (χ4n) is 3.28. The van der Waals surface area contributed by atoms with E-state index in [0.717, 1.165) is 6.07 Å². The van der Waals surface area contributed by atoms with Crippen molar-refractivity contribution in [1.29, 1.82) is 0 Å². The van der Waals surface area contributed by atoms with Gasteiger partial charge in [-0.3, -0.25) is 4.79 Å². The number of aromatic nitrogens is 2. The number of rotatable bonds is 3. The molecule has 0 saturated heterocycles. The predicted molar refractivity (Wildman–Crippen MR) is 88.3 cm³/mol. The Kier molecular flexibility index (Phi) is 4.26. The third-order valence-corrected chi connectivity index (χ3v) is 6.79. The van der Waals surface area contributed by atoms with Crippen molar-refractivity contribution in [3.63, 3.8) is 0 Å². The smallest absolute Gasteiger partial charge is 0.359 e. The largest absolute Gasteiger partial charge is 0.433 e. The van der Waals surface area contributed by atoms with Gasteiger partial charge < -0.3 is 4.52 Å². The average Bonchev–Trinajstić information content (AvgIpc) is 3.26. The van der Waals surface area contributed by atoms with E-state index in [1.165, 1.54) is 0 Å². The number of sulfone groups is 1. The number of carbonyl (C=O) groups is 1. The number of carbonyl (C=O) groups excluding carboxylic acids is 1. The molecule has 2 bridgehead atoms. The van der Waals surface area contributed by atoms with Crippen molar-refractivity contribution in [1.82, 2.24) is 10.1 Å². The second kappa shape index (κ2) is 5.88. The zero-order valence-corrected chi connectivity index (χ0v) is 14.5. The number of hydrogen-bond donors (Lipinski definition) is 0. The van der Waals surface area contributed by atoms with Crippen molar-refractivity contribution in [2.45, 2.75) is 56.0 Å². The van der Waals surface area contributed by atoms with Gasteiger partial charge in [-0.25, -0.2) is 13.4 Å². The highest BCUT2D eigenvalue weighted by Crippen LogP contribution is 2.54. The lowest BCUT2D eigenvalue weighted by molar-refractivity contribution is -0.141. The van der Waals surface area contributed by atoms with Crippen molar-refractivity contribution < 1.29 is 30.9 Å². The molecule has 0 N–H and O–H groups in total. The minimum atomic E-state index is -4.64. The van der Waals surface area contributed by atoms with Gasteiger partial charge in [-0.2, -0.15) is 13.2 Å². The van der Waals surface area contributed by atoms with E-state index >= 15 is 0 Å². The maximum atomic E-state index is 13.0. The molecule has 146 valence electrons. The quantitative estimate of drug-likeness (QED) is 0.727. The summed E-state index contributed by atoms with van der Waals surface area (Å²) in [6.45, 7) is 3.21. The molecule has 3 heterocycles. The molecule has 1 aliphatic carbocycles. The first-order chi connectivity index (χ1) is 12.0. The highest BCUT2D eigenvalue weighted by molar-refractivity contribution is 7.92. The van der Waals surface area contributed by atoms with Crippen LogP contribution in [0.2, 0.25) is 0 Å². The van der Waals surface area contributed by atoms with Crippen LogP contribution in [0.4, 0.5) is 13.2 Å². The maximum Gasteiger partial charge on any atom is 0.433 e. The number of alkyl halides is 3. The van der Waals surface area contributed by atoms with Crippen LogP contribution in [0.1, 0.15) is 72.6 Å². The molecule has 4 rings (SSSR count). The van der Waals surface area contributed by atoms with Crippen molar-refractivity contribution >= 4 is 15.6 Å². The van der Waals surface area contributed by atoms with Crippen LogP contribution in [0.25, 0.3) is 0 Å². The zero-order valence-electron chi connectivity index (χ0n) is 13.7. The van der Waals surface area contributed by atoms with Gasteiger partial charge in [0.1, 0.15) is 11.3 Å².